The highest BCUT2D eigenvalue weighted by Gasteiger charge is 2.23. The third-order valence-electron chi connectivity index (χ3n) is 11.7. The van der Waals surface area contributed by atoms with Crippen LogP contribution in [0.3, 0.4) is 0 Å². The molecule has 294 valence electrons. The highest BCUT2D eigenvalue weighted by molar-refractivity contribution is 6.12. The average molecular weight is 816 g/mol. The van der Waals surface area contributed by atoms with Gasteiger partial charge in [-0.1, -0.05) is 91.0 Å². The monoisotopic (exact) mass is 815 g/mol. The largest absolute Gasteiger partial charge is 0.309 e. The smallest absolute Gasteiger partial charge is 0.188 e. The Kier molecular flexibility index (Phi) is 8.81. The molecule has 0 amide bonds. The summed E-state index contributed by atoms with van der Waals surface area (Å²) in [6.45, 7) is 7.82. The van der Waals surface area contributed by atoms with Crippen LogP contribution in [0.1, 0.15) is 16.7 Å². The first-order valence-electron chi connectivity index (χ1n) is 20.4. The highest BCUT2D eigenvalue weighted by atomic mass is 15.1. The van der Waals surface area contributed by atoms with Gasteiger partial charge in [0.25, 0.3) is 0 Å². The molecule has 0 bridgehead atoms. The summed E-state index contributed by atoms with van der Waals surface area (Å²) in [6.07, 6.45) is 0. The summed E-state index contributed by atoms with van der Waals surface area (Å²) in [5, 5.41) is 33.1. The molecule has 8 aromatic carbocycles. The lowest BCUT2D eigenvalue weighted by molar-refractivity contribution is 1.06. The number of benzene rings is 8. The molecule has 11 rings (SSSR count). The van der Waals surface area contributed by atoms with Crippen LogP contribution in [0, 0.1) is 40.6 Å². The van der Waals surface area contributed by atoms with Gasteiger partial charge in [0.15, 0.2) is 23.2 Å². The van der Waals surface area contributed by atoms with Crippen LogP contribution in [-0.2, 0) is 0 Å². The second-order valence-corrected chi connectivity index (χ2v) is 15.3. The molecule has 64 heavy (non-hydrogen) atoms. The third-order valence-corrected chi connectivity index (χ3v) is 11.7. The van der Waals surface area contributed by atoms with Crippen LogP contribution < -0.4 is 0 Å². The van der Waals surface area contributed by atoms with Crippen molar-refractivity contribution in [2.24, 2.45) is 0 Å². The molecule has 0 aliphatic heterocycles. The maximum absolute atomic E-state index is 9.96. The molecule has 0 fully saturated rings. The molecule has 0 saturated heterocycles. The third kappa shape index (κ3) is 6.10. The summed E-state index contributed by atoms with van der Waals surface area (Å²) in [6, 6.07) is 63.7. The number of hydrogen-bond donors (Lipinski definition) is 0. The standard InChI is InChI=1S/C55H29N9/c1-59-40-20-25-51-45(30-40)44-28-36(33-58)18-23-50(44)64(51)52-24-19-39(29-46(52)55-61-53(37-10-4-2-5-11-37)60-54(62-55)38-12-6-3-7-13-38)41-14-8-9-15-47(41)63-48-21-16-34(31-56)26-42(48)43-27-35(32-57)17-22-49(43)63/h2-30H. The summed E-state index contributed by atoms with van der Waals surface area (Å²) in [4.78, 5) is 19.2. The molecule has 0 radical (unpaired) electrons. The minimum absolute atomic E-state index is 0.452. The first-order valence-corrected chi connectivity index (χ1v) is 20.4. The molecular formula is C55H29N9. The second kappa shape index (κ2) is 15.1. The van der Waals surface area contributed by atoms with Crippen molar-refractivity contribution in [3.8, 4) is 74.9 Å². The van der Waals surface area contributed by atoms with E-state index in [0.717, 1.165) is 82.8 Å². The van der Waals surface area contributed by atoms with Crippen LogP contribution in [0.25, 0.3) is 105 Å². The van der Waals surface area contributed by atoms with Gasteiger partial charge in [0.2, 0.25) is 0 Å². The van der Waals surface area contributed by atoms with E-state index in [-0.39, 0.29) is 0 Å². The van der Waals surface area contributed by atoms with Crippen LogP contribution in [0.5, 0.6) is 0 Å². The lowest BCUT2D eigenvalue weighted by Gasteiger charge is -2.18. The fourth-order valence-electron chi connectivity index (χ4n) is 8.75. The number of aromatic nitrogens is 5. The van der Waals surface area contributed by atoms with E-state index < -0.39 is 0 Å². The fraction of sp³-hybridized carbons (Fsp3) is 0. The molecule has 0 atom stereocenters. The number of hydrogen-bond acceptors (Lipinski definition) is 6. The molecule has 0 unspecified atom stereocenters. The molecule has 0 saturated carbocycles. The van der Waals surface area contributed by atoms with Crippen molar-refractivity contribution in [1.29, 1.82) is 15.8 Å². The van der Waals surface area contributed by atoms with E-state index in [1.54, 1.807) is 0 Å². The lowest BCUT2D eigenvalue weighted by atomic mass is 9.99. The Morgan fingerprint density at radius 1 is 0.391 bits per heavy atom. The van der Waals surface area contributed by atoms with Crippen LogP contribution in [0.15, 0.2) is 176 Å². The van der Waals surface area contributed by atoms with E-state index in [4.69, 9.17) is 21.5 Å². The quantitative estimate of drug-likeness (QED) is 0.154. The van der Waals surface area contributed by atoms with Gasteiger partial charge in [-0.2, -0.15) is 15.8 Å². The van der Waals surface area contributed by atoms with E-state index in [1.807, 2.05) is 146 Å². The maximum atomic E-state index is 9.96. The van der Waals surface area contributed by atoms with Crippen molar-refractivity contribution in [2.45, 2.75) is 0 Å². The Morgan fingerprint density at radius 3 is 1.33 bits per heavy atom. The van der Waals surface area contributed by atoms with Gasteiger partial charge in [-0.15, -0.1) is 0 Å². The topological polar surface area (TPSA) is 124 Å². The molecule has 0 spiro atoms. The first-order chi connectivity index (χ1) is 31.5. The average Bonchev–Trinajstić information content (AvgIpc) is 3.87. The van der Waals surface area contributed by atoms with Crippen molar-refractivity contribution in [2.75, 3.05) is 0 Å². The van der Waals surface area contributed by atoms with Crippen molar-refractivity contribution in [3.05, 3.63) is 204 Å². The Hall–Kier alpha value is -9.67. The number of rotatable bonds is 6. The zero-order chi connectivity index (χ0) is 43.3. The van der Waals surface area contributed by atoms with E-state index in [0.29, 0.717) is 39.9 Å². The van der Waals surface area contributed by atoms with Crippen LogP contribution in [0.2, 0.25) is 0 Å². The second-order valence-electron chi connectivity index (χ2n) is 15.3. The number of para-hydroxylation sites is 1. The Labute approximate surface area is 366 Å². The summed E-state index contributed by atoms with van der Waals surface area (Å²) in [5.41, 5.74) is 11.5. The molecule has 11 aromatic rings. The van der Waals surface area contributed by atoms with Crippen LogP contribution in [0.4, 0.5) is 5.69 Å². The molecule has 0 N–H and O–H groups in total. The summed E-state index contributed by atoms with van der Waals surface area (Å²) >= 11 is 0. The number of fused-ring (bicyclic) bond motifs is 6. The van der Waals surface area contributed by atoms with Crippen LogP contribution in [-0.4, -0.2) is 24.1 Å². The Bertz CT molecular complexity index is 3690. The summed E-state index contributed by atoms with van der Waals surface area (Å²) in [7, 11) is 0. The lowest BCUT2D eigenvalue weighted by Crippen LogP contribution is -2.04. The van der Waals surface area contributed by atoms with Gasteiger partial charge in [-0.05, 0) is 95.9 Å². The van der Waals surface area contributed by atoms with Crippen molar-refractivity contribution >= 4 is 49.3 Å². The number of nitriles is 3. The zero-order valence-corrected chi connectivity index (χ0v) is 33.8. The van der Waals surface area contributed by atoms with Gasteiger partial charge < -0.3 is 9.13 Å². The van der Waals surface area contributed by atoms with Gasteiger partial charge >= 0.3 is 0 Å². The molecule has 0 aliphatic rings. The molecule has 0 aliphatic carbocycles. The normalized spacial score (nSPS) is 11.1. The van der Waals surface area contributed by atoms with Gasteiger partial charge in [0, 0.05) is 38.4 Å². The molecule has 9 heteroatoms. The Balaban J connectivity index is 1.23. The molecule has 3 heterocycles. The van der Waals surface area contributed by atoms with Crippen molar-refractivity contribution in [1.82, 2.24) is 24.1 Å². The SMILES string of the molecule is [C-]#[N+]c1ccc2c(c1)c1cc(C#N)ccc1n2-c1ccc(-c2ccccc2-n2c3ccc(C#N)cc3c3cc(C#N)ccc32)cc1-c1nc(-c2ccccc2)nc(-c2ccccc2)n1. The minimum Gasteiger partial charge on any atom is -0.309 e. The Morgan fingerprint density at radius 2 is 0.828 bits per heavy atom. The zero-order valence-electron chi connectivity index (χ0n) is 33.8. The van der Waals surface area contributed by atoms with E-state index >= 15 is 0 Å². The van der Waals surface area contributed by atoms with Gasteiger partial charge in [0.1, 0.15) is 0 Å². The summed E-state index contributed by atoms with van der Waals surface area (Å²) in [5.74, 6) is 1.48. The van der Waals surface area contributed by atoms with Crippen molar-refractivity contribution < 1.29 is 0 Å². The van der Waals surface area contributed by atoms with Crippen molar-refractivity contribution in [3.63, 3.8) is 0 Å². The highest BCUT2D eigenvalue weighted by Crippen LogP contribution is 2.42. The minimum atomic E-state index is 0.452. The predicted octanol–water partition coefficient (Wildman–Crippen LogP) is 12.9. The van der Waals surface area contributed by atoms with E-state index in [2.05, 4.69) is 62.5 Å². The van der Waals surface area contributed by atoms with Crippen LogP contribution >= 0.6 is 0 Å². The maximum Gasteiger partial charge on any atom is 0.188 e. The predicted molar refractivity (Wildman–Crippen MR) is 251 cm³/mol. The van der Waals surface area contributed by atoms with Gasteiger partial charge in [-0.25, -0.2) is 19.8 Å². The molecular weight excluding hydrogens is 787 g/mol. The van der Waals surface area contributed by atoms with E-state index in [9.17, 15) is 15.8 Å². The first kappa shape index (κ1) is 37.3. The molecule has 9 nitrogen and oxygen atoms in total. The molecule has 3 aromatic heterocycles. The summed E-state index contributed by atoms with van der Waals surface area (Å²) < 4.78 is 4.35. The fourth-order valence-corrected chi connectivity index (χ4v) is 8.75. The number of nitrogens with zero attached hydrogens (tertiary/aromatic N) is 9. The van der Waals surface area contributed by atoms with E-state index in [1.165, 1.54) is 0 Å². The van der Waals surface area contributed by atoms with Gasteiger partial charge in [0.05, 0.1) is 74.9 Å². The van der Waals surface area contributed by atoms with Gasteiger partial charge in [-0.3, -0.25) is 0 Å².